The first kappa shape index (κ1) is 13.3. The van der Waals surface area contributed by atoms with Crippen molar-refractivity contribution in [2.75, 3.05) is 5.32 Å². The number of amides is 1. The first-order chi connectivity index (χ1) is 9.45. The molecule has 1 aliphatic carbocycles. The van der Waals surface area contributed by atoms with Crippen molar-refractivity contribution in [3.8, 4) is 11.3 Å². The molecule has 0 spiro atoms. The summed E-state index contributed by atoms with van der Waals surface area (Å²) < 4.78 is 0. The molecule has 4 heteroatoms. The Balaban J connectivity index is 1.93. The molecular formula is C16H18N2OS. The minimum atomic E-state index is -0.399. The second-order valence-corrected chi connectivity index (χ2v) is 7.24. The van der Waals surface area contributed by atoms with Gasteiger partial charge in [-0.25, -0.2) is 4.98 Å². The first-order valence-corrected chi connectivity index (χ1v) is 7.66. The molecule has 1 heterocycles. The third-order valence-corrected chi connectivity index (χ3v) is 4.52. The number of anilines is 1. The van der Waals surface area contributed by atoms with Crippen LogP contribution in [-0.4, -0.2) is 10.9 Å². The van der Waals surface area contributed by atoms with Gasteiger partial charge in [-0.3, -0.25) is 4.79 Å². The van der Waals surface area contributed by atoms with Crippen molar-refractivity contribution in [1.29, 1.82) is 0 Å². The predicted octanol–water partition coefficient (Wildman–Crippen LogP) is 3.89. The van der Waals surface area contributed by atoms with Crippen LogP contribution in [0.25, 0.3) is 11.3 Å². The molecule has 3 nitrogen and oxygen atoms in total. The van der Waals surface area contributed by atoms with Crippen LogP contribution in [0.5, 0.6) is 0 Å². The van der Waals surface area contributed by atoms with Crippen LogP contribution in [0.2, 0.25) is 0 Å². The summed E-state index contributed by atoms with van der Waals surface area (Å²) in [6, 6.07) is 8.38. The third kappa shape index (κ3) is 2.36. The fraction of sp³-hybridized carbons (Fsp3) is 0.375. The molecular weight excluding hydrogens is 268 g/mol. The normalized spacial score (nSPS) is 13.6. The van der Waals surface area contributed by atoms with Crippen LogP contribution in [0.4, 0.5) is 5.13 Å². The van der Waals surface area contributed by atoms with Crippen molar-refractivity contribution in [2.24, 2.45) is 5.41 Å². The van der Waals surface area contributed by atoms with Gasteiger partial charge in [0.05, 0.1) is 5.69 Å². The Morgan fingerprint density at radius 1 is 1.25 bits per heavy atom. The van der Waals surface area contributed by atoms with Gasteiger partial charge in [-0.05, 0) is 18.4 Å². The number of aryl methyl sites for hydroxylation is 2. The second kappa shape index (κ2) is 4.70. The van der Waals surface area contributed by atoms with Gasteiger partial charge < -0.3 is 5.32 Å². The number of nitrogens with zero attached hydrogens (tertiary/aromatic N) is 1. The summed E-state index contributed by atoms with van der Waals surface area (Å²) in [5.74, 6) is 0.0110. The lowest BCUT2D eigenvalue weighted by atomic mass is 9.94. The third-order valence-electron chi connectivity index (χ3n) is 3.49. The second-order valence-electron chi connectivity index (χ2n) is 6.15. The minimum Gasteiger partial charge on any atom is -0.301 e. The molecule has 1 N–H and O–H groups in total. The van der Waals surface area contributed by atoms with Crippen molar-refractivity contribution in [3.05, 3.63) is 34.7 Å². The van der Waals surface area contributed by atoms with Gasteiger partial charge in [-0.2, -0.15) is 0 Å². The summed E-state index contributed by atoms with van der Waals surface area (Å²) in [7, 11) is 0. The Labute approximate surface area is 123 Å². The SMILES string of the molecule is CC(C)(C)C(=O)Nc1nc2c(s1)CCc1ccccc1-2. The van der Waals surface area contributed by atoms with Crippen molar-refractivity contribution in [3.63, 3.8) is 0 Å². The van der Waals surface area contributed by atoms with Gasteiger partial charge in [-0.1, -0.05) is 45.0 Å². The summed E-state index contributed by atoms with van der Waals surface area (Å²) in [6.45, 7) is 5.72. The number of rotatable bonds is 1. The van der Waals surface area contributed by atoms with E-state index in [9.17, 15) is 4.79 Å². The van der Waals surface area contributed by atoms with Gasteiger partial charge in [0.15, 0.2) is 5.13 Å². The highest BCUT2D eigenvalue weighted by Gasteiger charge is 2.25. The number of carbonyl (C=O) groups is 1. The Morgan fingerprint density at radius 3 is 2.75 bits per heavy atom. The smallest absolute Gasteiger partial charge is 0.231 e. The van der Waals surface area contributed by atoms with Crippen molar-refractivity contribution >= 4 is 22.4 Å². The number of carbonyl (C=O) groups excluding carboxylic acids is 1. The zero-order valence-electron chi connectivity index (χ0n) is 12.0. The Hall–Kier alpha value is -1.68. The number of nitrogens with one attached hydrogen (secondary N) is 1. The molecule has 0 saturated heterocycles. The van der Waals surface area contributed by atoms with Crippen LogP contribution in [0.15, 0.2) is 24.3 Å². The van der Waals surface area contributed by atoms with Crippen LogP contribution in [0.1, 0.15) is 31.2 Å². The molecule has 1 aromatic carbocycles. The molecule has 0 fully saturated rings. The monoisotopic (exact) mass is 286 g/mol. The maximum atomic E-state index is 12.0. The fourth-order valence-corrected chi connectivity index (χ4v) is 3.26. The summed E-state index contributed by atoms with van der Waals surface area (Å²) in [6.07, 6.45) is 2.06. The quantitative estimate of drug-likeness (QED) is 0.864. The molecule has 0 atom stereocenters. The molecule has 0 aliphatic heterocycles. The van der Waals surface area contributed by atoms with Gasteiger partial charge in [-0.15, -0.1) is 11.3 Å². The maximum Gasteiger partial charge on any atom is 0.231 e. The lowest BCUT2D eigenvalue weighted by molar-refractivity contribution is -0.123. The molecule has 20 heavy (non-hydrogen) atoms. The van der Waals surface area contributed by atoms with Crippen molar-refractivity contribution < 1.29 is 4.79 Å². The average Bonchev–Trinajstić information content (AvgIpc) is 2.80. The molecule has 104 valence electrons. The first-order valence-electron chi connectivity index (χ1n) is 6.84. The zero-order chi connectivity index (χ0) is 14.3. The van der Waals surface area contributed by atoms with E-state index < -0.39 is 5.41 Å². The van der Waals surface area contributed by atoms with E-state index in [-0.39, 0.29) is 5.91 Å². The van der Waals surface area contributed by atoms with Crippen LogP contribution < -0.4 is 5.32 Å². The molecule has 0 unspecified atom stereocenters. The Kier molecular flexibility index (Phi) is 3.13. The van der Waals surface area contributed by atoms with Gasteiger partial charge in [0.2, 0.25) is 5.91 Å². The van der Waals surface area contributed by atoms with E-state index in [0.29, 0.717) is 5.13 Å². The number of hydrogen-bond acceptors (Lipinski definition) is 3. The fourth-order valence-electron chi connectivity index (χ4n) is 2.29. The van der Waals surface area contributed by atoms with E-state index in [2.05, 4.69) is 28.5 Å². The molecule has 1 aliphatic rings. The van der Waals surface area contributed by atoms with Crippen molar-refractivity contribution in [1.82, 2.24) is 4.98 Å². The van der Waals surface area contributed by atoms with Crippen molar-refractivity contribution in [2.45, 2.75) is 33.6 Å². The number of benzene rings is 1. The predicted molar refractivity (Wildman–Crippen MR) is 83.0 cm³/mol. The molecule has 1 amide bonds. The molecule has 0 bridgehead atoms. The lowest BCUT2D eigenvalue weighted by Crippen LogP contribution is -2.27. The standard InChI is InChI=1S/C16H18N2OS/c1-16(2,3)14(19)18-15-17-13-11-7-5-4-6-10(11)8-9-12(13)20-15/h4-7H,8-9H2,1-3H3,(H,17,18,19). The molecule has 0 saturated carbocycles. The zero-order valence-corrected chi connectivity index (χ0v) is 12.8. The van der Waals surface area contributed by atoms with Gasteiger partial charge in [0, 0.05) is 15.9 Å². The summed E-state index contributed by atoms with van der Waals surface area (Å²) in [5, 5.41) is 3.65. The van der Waals surface area contributed by atoms with E-state index in [4.69, 9.17) is 0 Å². The lowest BCUT2D eigenvalue weighted by Gasteiger charge is -2.15. The Morgan fingerprint density at radius 2 is 2.00 bits per heavy atom. The molecule has 2 aromatic rings. The largest absolute Gasteiger partial charge is 0.301 e. The number of thiazole rings is 1. The van der Waals surface area contributed by atoms with Crippen LogP contribution >= 0.6 is 11.3 Å². The maximum absolute atomic E-state index is 12.0. The van der Waals surface area contributed by atoms with E-state index in [0.717, 1.165) is 18.5 Å². The summed E-state index contributed by atoms with van der Waals surface area (Å²) >= 11 is 1.60. The minimum absolute atomic E-state index is 0.0110. The van der Waals surface area contributed by atoms with E-state index in [1.807, 2.05) is 26.8 Å². The van der Waals surface area contributed by atoms with Gasteiger partial charge in [0.1, 0.15) is 0 Å². The average molecular weight is 286 g/mol. The Bertz CT molecular complexity index is 667. The highest BCUT2D eigenvalue weighted by molar-refractivity contribution is 7.16. The summed E-state index contributed by atoms with van der Waals surface area (Å²) in [4.78, 5) is 18.0. The molecule has 1 aromatic heterocycles. The highest BCUT2D eigenvalue weighted by atomic mass is 32.1. The summed E-state index contributed by atoms with van der Waals surface area (Å²) in [5.41, 5.74) is 3.20. The highest BCUT2D eigenvalue weighted by Crippen LogP contribution is 2.38. The molecule has 3 rings (SSSR count). The number of aromatic nitrogens is 1. The molecule has 0 radical (unpaired) electrons. The van der Waals surface area contributed by atoms with E-state index in [1.165, 1.54) is 16.0 Å². The number of hydrogen-bond donors (Lipinski definition) is 1. The van der Waals surface area contributed by atoms with Crippen LogP contribution in [0, 0.1) is 5.41 Å². The van der Waals surface area contributed by atoms with Crippen LogP contribution in [0.3, 0.4) is 0 Å². The van der Waals surface area contributed by atoms with E-state index >= 15 is 0 Å². The van der Waals surface area contributed by atoms with Gasteiger partial charge >= 0.3 is 0 Å². The van der Waals surface area contributed by atoms with E-state index in [1.54, 1.807) is 11.3 Å². The number of fused-ring (bicyclic) bond motifs is 3. The van der Waals surface area contributed by atoms with Crippen LogP contribution in [-0.2, 0) is 17.6 Å². The topological polar surface area (TPSA) is 42.0 Å². The van der Waals surface area contributed by atoms with Gasteiger partial charge in [0.25, 0.3) is 0 Å².